The highest BCUT2D eigenvalue weighted by atomic mass is 79.9. The molecule has 1 rings (SSSR count). The lowest BCUT2D eigenvalue weighted by molar-refractivity contribution is -0.136. The van der Waals surface area contributed by atoms with Crippen molar-refractivity contribution in [2.45, 2.75) is 13.3 Å². The van der Waals surface area contributed by atoms with Crippen molar-refractivity contribution in [2.24, 2.45) is 0 Å². The molecular weight excluding hydrogens is 290 g/mol. The number of hydrogen-bond donors (Lipinski definition) is 3. The molecule has 0 unspecified atom stereocenters. The van der Waals surface area contributed by atoms with E-state index in [9.17, 15) is 9.59 Å². The number of aryl methyl sites for hydroxylation is 1. The van der Waals surface area contributed by atoms with Gasteiger partial charge in [-0.25, -0.2) is 9.78 Å². The summed E-state index contributed by atoms with van der Waals surface area (Å²) in [4.78, 5) is 25.7. The molecule has 0 spiro atoms. The summed E-state index contributed by atoms with van der Waals surface area (Å²) < 4.78 is 0.856. The van der Waals surface area contributed by atoms with E-state index in [0.29, 0.717) is 5.82 Å². The van der Waals surface area contributed by atoms with Crippen LogP contribution in [0.3, 0.4) is 0 Å². The minimum absolute atomic E-state index is 0.0800. The van der Waals surface area contributed by atoms with E-state index >= 15 is 0 Å². The molecule has 3 N–H and O–H groups in total. The first-order chi connectivity index (χ1) is 7.99. The molecule has 0 fully saturated rings. The van der Waals surface area contributed by atoms with Crippen LogP contribution < -0.4 is 10.6 Å². The molecule has 0 bridgehead atoms. The number of aliphatic carboxylic acids is 1. The third-order valence-corrected chi connectivity index (χ3v) is 2.73. The molecule has 0 saturated carbocycles. The van der Waals surface area contributed by atoms with Gasteiger partial charge in [0.1, 0.15) is 5.82 Å². The number of carboxylic acids is 1. The third kappa shape index (κ3) is 4.81. The van der Waals surface area contributed by atoms with Crippen LogP contribution >= 0.6 is 15.9 Å². The first-order valence-electron chi connectivity index (χ1n) is 4.89. The highest BCUT2D eigenvalue weighted by molar-refractivity contribution is 9.10. The van der Waals surface area contributed by atoms with E-state index in [0.717, 1.165) is 10.2 Å². The number of nitrogens with zero attached hydrogens (tertiary/aromatic N) is 1. The van der Waals surface area contributed by atoms with Gasteiger partial charge in [-0.1, -0.05) is 0 Å². The molecular formula is C10H12BrN3O3. The van der Waals surface area contributed by atoms with Crippen LogP contribution in [-0.4, -0.2) is 28.6 Å². The number of aromatic nitrogens is 1. The SMILES string of the molecule is Cc1nc(NC(=O)NCCC(=O)O)ccc1Br. The van der Waals surface area contributed by atoms with Crippen molar-refractivity contribution in [2.75, 3.05) is 11.9 Å². The van der Waals surface area contributed by atoms with Crippen molar-refractivity contribution in [1.82, 2.24) is 10.3 Å². The van der Waals surface area contributed by atoms with Crippen LogP contribution in [0.4, 0.5) is 10.6 Å². The molecule has 0 aliphatic carbocycles. The van der Waals surface area contributed by atoms with Crippen LogP contribution in [0.1, 0.15) is 12.1 Å². The van der Waals surface area contributed by atoms with Gasteiger partial charge in [-0.3, -0.25) is 10.1 Å². The molecule has 2 amide bonds. The highest BCUT2D eigenvalue weighted by Gasteiger charge is 2.04. The fraction of sp³-hybridized carbons (Fsp3) is 0.300. The molecule has 0 aliphatic heterocycles. The van der Waals surface area contributed by atoms with Crippen LogP contribution in [0.25, 0.3) is 0 Å². The van der Waals surface area contributed by atoms with Gasteiger partial charge in [0.25, 0.3) is 0 Å². The Morgan fingerprint density at radius 3 is 2.76 bits per heavy atom. The van der Waals surface area contributed by atoms with E-state index in [-0.39, 0.29) is 13.0 Å². The molecule has 6 nitrogen and oxygen atoms in total. The molecule has 1 aromatic heterocycles. The summed E-state index contributed by atoms with van der Waals surface area (Å²) in [7, 11) is 0. The Morgan fingerprint density at radius 2 is 2.18 bits per heavy atom. The molecule has 0 saturated heterocycles. The Labute approximate surface area is 107 Å². The summed E-state index contributed by atoms with van der Waals surface area (Å²) in [6.07, 6.45) is -0.111. The van der Waals surface area contributed by atoms with Crippen molar-refractivity contribution in [3.8, 4) is 0 Å². The van der Waals surface area contributed by atoms with Gasteiger partial charge in [0.15, 0.2) is 0 Å². The molecule has 7 heteroatoms. The number of nitrogens with one attached hydrogen (secondary N) is 2. The maximum atomic E-state index is 11.3. The predicted octanol–water partition coefficient (Wildman–Crippen LogP) is 1.75. The Hall–Kier alpha value is -1.63. The number of pyridine rings is 1. The molecule has 17 heavy (non-hydrogen) atoms. The summed E-state index contributed by atoms with van der Waals surface area (Å²) >= 11 is 3.30. The monoisotopic (exact) mass is 301 g/mol. The van der Waals surface area contributed by atoms with Crippen molar-refractivity contribution in [3.63, 3.8) is 0 Å². The normalized spacial score (nSPS) is 9.76. The molecule has 1 heterocycles. The predicted molar refractivity (Wildman–Crippen MR) is 65.9 cm³/mol. The second kappa shape index (κ2) is 6.19. The van der Waals surface area contributed by atoms with Crippen molar-refractivity contribution in [1.29, 1.82) is 0 Å². The zero-order valence-corrected chi connectivity index (χ0v) is 10.7. The topological polar surface area (TPSA) is 91.3 Å². The van der Waals surface area contributed by atoms with Gasteiger partial charge in [-0.2, -0.15) is 0 Å². The number of amides is 2. The van der Waals surface area contributed by atoms with Crippen LogP contribution in [0.5, 0.6) is 0 Å². The summed E-state index contributed by atoms with van der Waals surface area (Å²) in [5.41, 5.74) is 0.758. The minimum Gasteiger partial charge on any atom is -0.481 e. The van der Waals surface area contributed by atoms with E-state index in [1.165, 1.54) is 0 Å². The van der Waals surface area contributed by atoms with Crippen LogP contribution in [0, 0.1) is 6.92 Å². The summed E-state index contributed by atoms with van der Waals surface area (Å²) in [6.45, 7) is 1.88. The van der Waals surface area contributed by atoms with Gasteiger partial charge < -0.3 is 10.4 Å². The van der Waals surface area contributed by atoms with Crippen LogP contribution in [0.2, 0.25) is 0 Å². The lowest BCUT2D eigenvalue weighted by Gasteiger charge is -2.07. The maximum absolute atomic E-state index is 11.3. The van der Waals surface area contributed by atoms with E-state index in [4.69, 9.17) is 5.11 Å². The van der Waals surface area contributed by atoms with Gasteiger partial charge in [0.2, 0.25) is 0 Å². The van der Waals surface area contributed by atoms with E-state index in [1.54, 1.807) is 19.1 Å². The second-order valence-electron chi connectivity index (χ2n) is 3.29. The van der Waals surface area contributed by atoms with Crippen LogP contribution in [0.15, 0.2) is 16.6 Å². The van der Waals surface area contributed by atoms with E-state index in [1.807, 2.05) is 0 Å². The van der Waals surface area contributed by atoms with Crippen LogP contribution in [-0.2, 0) is 4.79 Å². The number of halogens is 1. The first kappa shape index (κ1) is 13.4. The minimum atomic E-state index is -0.956. The number of hydrogen-bond acceptors (Lipinski definition) is 3. The number of urea groups is 1. The van der Waals surface area contributed by atoms with Gasteiger partial charge in [0.05, 0.1) is 12.1 Å². The molecule has 1 aromatic rings. The second-order valence-corrected chi connectivity index (χ2v) is 4.14. The van der Waals surface area contributed by atoms with E-state index < -0.39 is 12.0 Å². The van der Waals surface area contributed by atoms with Crippen molar-refractivity contribution in [3.05, 3.63) is 22.3 Å². The van der Waals surface area contributed by atoms with Gasteiger partial charge in [-0.05, 0) is 35.0 Å². The lowest BCUT2D eigenvalue weighted by atomic mass is 10.4. The zero-order chi connectivity index (χ0) is 12.8. The number of carbonyl (C=O) groups is 2. The number of rotatable bonds is 4. The van der Waals surface area contributed by atoms with Gasteiger partial charge in [0, 0.05) is 11.0 Å². The van der Waals surface area contributed by atoms with Crippen molar-refractivity contribution < 1.29 is 14.7 Å². The third-order valence-electron chi connectivity index (χ3n) is 1.89. The Kier molecular flexibility index (Phi) is 4.89. The number of carbonyl (C=O) groups excluding carboxylic acids is 1. The Balaban J connectivity index is 2.45. The van der Waals surface area contributed by atoms with Gasteiger partial charge in [-0.15, -0.1) is 0 Å². The number of anilines is 1. The average Bonchev–Trinajstić information content (AvgIpc) is 2.23. The van der Waals surface area contributed by atoms with Crippen molar-refractivity contribution >= 4 is 33.7 Å². The first-order valence-corrected chi connectivity index (χ1v) is 5.68. The lowest BCUT2D eigenvalue weighted by Crippen LogP contribution is -2.30. The maximum Gasteiger partial charge on any atom is 0.320 e. The summed E-state index contributed by atoms with van der Waals surface area (Å²) in [6, 6.07) is 2.95. The standard InChI is InChI=1S/C10H12BrN3O3/c1-6-7(11)2-3-8(13-6)14-10(17)12-5-4-9(15)16/h2-3H,4-5H2,1H3,(H,15,16)(H2,12,13,14,17). The molecule has 0 aromatic carbocycles. The van der Waals surface area contributed by atoms with E-state index in [2.05, 4.69) is 31.5 Å². The molecule has 0 aliphatic rings. The summed E-state index contributed by atoms with van der Waals surface area (Å²) in [5, 5.41) is 13.3. The molecule has 92 valence electrons. The highest BCUT2D eigenvalue weighted by Crippen LogP contribution is 2.15. The quantitative estimate of drug-likeness (QED) is 0.790. The van der Waals surface area contributed by atoms with Gasteiger partial charge >= 0.3 is 12.0 Å². The Morgan fingerprint density at radius 1 is 1.47 bits per heavy atom. The molecule has 0 radical (unpaired) electrons. The molecule has 0 atom stereocenters. The largest absolute Gasteiger partial charge is 0.481 e. The number of carboxylic acid groups (broad SMARTS) is 1. The average molecular weight is 302 g/mol. The fourth-order valence-electron chi connectivity index (χ4n) is 1.06. The smallest absolute Gasteiger partial charge is 0.320 e. The fourth-order valence-corrected chi connectivity index (χ4v) is 1.28. The zero-order valence-electron chi connectivity index (χ0n) is 9.16. The Bertz CT molecular complexity index is 437. The summed E-state index contributed by atoms with van der Waals surface area (Å²) in [5.74, 6) is -0.540.